The summed E-state index contributed by atoms with van der Waals surface area (Å²) < 4.78 is 5.04. The maximum atomic E-state index is 12.3. The minimum Gasteiger partial charge on any atom is -0.385 e. The summed E-state index contributed by atoms with van der Waals surface area (Å²) in [4.78, 5) is 26.3. The second-order valence-electron chi connectivity index (χ2n) is 5.31. The Morgan fingerprint density at radius 1 is 1.24 bits per heavy atom. The molecule has 0 bridgehead atoms. The van der Waals surface area contributed by atoms with Crippen molar-refractivity contribution in [2.75, 3.05) is 20.3 Å². The number of nitrogens with one attached hydrogen (secondary N) is 1. The third-order valence-electron chi connectivity index (χ3n) is 3.71. The fourth-order valence-corrected chi connectivity index (χ4v) is 2.60. The van der Waals surface area contributed by atoms with E-state index in [-0.39, 0.29) is 11.8 Å². The molecule has 2 unspecified atom stereocenters. The number of carbonyl (C=O) groups is 2. The van der Waals surface area contributed by atoms with Crippen molar-refractivity contribution >= 4 is 11.8 Å². The Labute approximate surface area is 125 Å². The molecule has 5 heteroatoms. The molecule has 1 aromatic rings. The molecule has 2 rings (SSSR count). The van der Waals surface area contributed by atoms with Crippen molar-refractivity contribution in [3.05, 3.63) is 35.9 Å². The number of carbonyl (C=O) groups excluding carboxylic acids is 2. The average Bonchev–Trinajstić information content (AvgIpc) is 2.49. The molecule has 21 heavy (non-hydrogen) atoms. The van der Waals surface area contributed by atoms with E-state index in [1.807, 2.05) is 30.3 Å². The number of ether oxygens (including phenoxy) is 1. The lowest BCUT2D eigenvalue weighted by Crippen LogP contribution is -2.63. The van der Waals surface area contributed by atoms with Gasteiger partial charge in [0.1, 0.15) is 12.1 Å². The molecule has 1 aliphatic heterocycles. The lowest BCUT2D eigenvalue weighted by molar-refractivity contribution is -0.148. The van der Waals surface area contributed by atoms with Gasteiger partial charge in [-0.3, -0.25) is 9.59 Å². The smallest absolute Gasteiger partial charge is 0.245 e. The van der Waals surface area contributed by atoms with Crippen molar-refractivity contribution in [2.24, 2.45) is 0 Å². The summed E-state index contributed by atoms with van der Waals surface area (Å²) in [5, 5.41) is 2.76. The Morgan fingerprint density at radius 2 is 1.95 bits per heavy atom. The zero-order chi connectivity index (χ0) is 15.2. The molecule has 5 nitrogen and oxygen atoms in total. The molecule has 0 aliphatic carbocycles. The first-order chi connectivity index (χ1) is 10.1. The number of benzene rings is 1. The van der Waals surface area contributed by atoms with Crippen LogP contribution < -0.4 is 5.32 Å². The van der Waals surface area contributed by atoms with E-state index in [2.05, 4.69) is 5.32 Å². The van der Waals surface area contributed by atoms with Crippen LogP contribution in [-0.4, -0.2) is 49.1 Å². The topological polar surface area (TPSA) is 58.6 Å². The van der Waals surface area contributed by atoms with Gasteiger partial charge < -0.3 is 15.0 Å². The monoisotopic (exact) mass is 290 g/mol. The van der Waals surface area contributed by atoms with Crippen molar-refractivity contribution in [3.8, 4) is 0 Å². The minimum atomic E-state index is -0.452. The van der Waals surface area contributed by atoms with Gasteiger partial charge in [-0.2, -0.15) is 0 Å². The van der Waals surface area contributed by atoms with Gasteiger partial charge in [0.25, 0.3) is 0 Å². The van der Waals surface area contributed by atoms with E-state index in [0.29, 0.717) is 19.6 Å². The number of piperazine rings is 1. The maximum absolute atomic E-state index is 12.3. The van der Waals surface area contributed by atoms with Crippen LogP contribution in [0.2, 0.25) is 0 Å². The van der Waals surface area contributed by atoms with E-state index in [9.17, 15) is 9.59 Å². The molecular formula is C16H22N2O3. The van der Waals surface area contributed by atoms with Crippen LogP contribution in [0.1, 0.15) is 18.9 Å². The first-order valence-corrected chi connectivity index (χ1v) is 7.27. The predicted molar refractivity (Wildman–Crippen MR) is 79.7 cm³/mol. The molecule has 2 amide bonds. The number of nitrogens with zero attached hydrogens (tertiary/aromatic N) is 1. The SMILES string of the molecule is COCCCN1C(=O)C(C)NC(=O)C1Cc1ccccc1. The largest absolute Gasteiger partial charge is 0.385 e. The minimum absolute atomic E-state index is 0.0216. The van der Waals surface area contributed by atoms with Crippen LogP contribution in [0, 0.1) is 0 Å². The Kier molecular flexibility index (Phi) is 5.33. The van der Waals surface area contributed by atoms with Crippen LogP contribution >= 0.6 is 0 Å². The predicted octanol–water partition coefficient (Wildman–Crippen LogP) is 0.981. The van der Waals surface area contributed by atoms with Crippen LogP contribution in [0.4, 0.5) is 0 Å². The highest BCUT2D eigenvalue weighted by Gasteiger charge is 2.37. The summed E-state index contributed by atoms with van der Waals surface area (Å²) >= 11 is 0. The number of amides is 2. The molecule has 1 aliphatic rings. The van der Waals surface area contributed by atoms with Gasteiger partial charge in [-0.05, 0) is 18.9 Å². The van der Waals surface area contributed by atoms with E-state index in [0.717, 1.165) is 12.0 Å². The highest BCUT2D eigenvalue weighted by molar-refractivity contribution is 5.96. The molecule has 0 radical (unpaired) electrons. The standard InChI is InChI=1S/C16H22N2O3/c1-12-16(20)18(9-6-10-21-2)14(15(19)17-12)11-13-7-4-3-5-8-13/h3-5,7-8,12,14H,6,9-11H2,1-2H3,(H,17,19). The van der Waals surface area contributed by atoms with E-state index in [1.165, 1.54) is 0 Å². The Morgan fingerprint density at radius 3 is 2.62 bits per heavy atom. The van der Waals surface area contributed by atoms with Gasteiger partial charge >= 0.3 is 0 Å². The van der Waals surface area contributed by atoms with Crippen molar-refractivity contribution < 1.29 is 14.3 Å². The van der Waals surface area contributed by atoms with Crippen LogP contribution in [0.5, 0.6) is 0 Å². The maximum Gasteiger partial charge on any atom is 0.245 e. The van der Waals surface area contributed by atoms with Crippen molar-refractivity contribution in [2.45, 2.75) is 31.8 Å². The molecule has 1 N–H and O–H groups in total. The molecule has 1 heterocycles. The average molecular weight is 290 g/mol. The third kappa shape index (κ3) is 3.82. The molecule has 0 saturated carbocycles. The van der Waals surface area contributed by atoms with E-state index < -0.39 is 12.1 Å². The fourth-order valence-electron chi connectivity index (χ4n) is 2.60. The molecule has 1 saturated heterocycles. The zero-order valence-corrected chi connectivity index (χ0v) is 12.5. The van der Waals surface area contributed by atoms with E-state index in [1.54, 1.807) is 18.9 Å². The van der Waals surface area contributed by atoms with Crippen LogP contribution in [0.25, 0.3) is 0 Å². The quantitative estimate of drug-likeness (QED) is 0.795. The summed E-state index contributed by atoms with van der Waals surface area (Å²) in [6.45, 7) is 2.85. The molecule has 1 fully saturated rings. The Hall–Kier alpha value is -1.88. The molecule has 0 aromatic heterocycles. The van der Waals surface area contributed by atoms with Gasteiger partial charge in [0.15, 0.2) is 0 Å². The first-order valence-electron chi connectivity index (χ1n) is 7.27. The molecule has 2 atom stereocenters. The van der Waals surface area contributed by atoms with E-state index in [4.69, 9.17) is 4.74 Å². The van der Waals surface area contributed by atoms with Crippen LogP contribution in [0.3, 0.4) is 0 Å². The lowest BCUT2D eigenvalue weighted by atomic mass is 10.00. The summed E-state index contributed by atoms with van der Waals surface area (Å²) in [5.74, 6) is -0.102. The van der Waals surface area contributed by atoms with Crippen molar-refractivity contribution in [1.29, 1.82) is 0 Å². The number of rotatable bonds is 6. The summed E-state index contributed by atoms with van der Waals surface area (Å²) in [7, 11) is 1.63. The van der Waals surface area contributed by atoms with Crippen LogP contribution in [0.15, 0.2) is 30.3 Å². The van der Waals surface area contributed by atoms with Crippen molar-refractivity contribution in [1.82, 2.24) is 10.2 Å². The van der Waals surface area contributed by atoms with Crippen LogP contribution in [-0.2, 0) is 20.7 Å². The third-order valence-corrected chi connectivity index (χ3v) is 3.71. The van der Waals surface area contributed by atoms with Crippen molar-refractivity contribution in [3.63, 3.8) is 0 Å². The summed E-state index contributed by atoms with van der Waals surface area (Å²) in [6.07, 6.45) is 1.27. The Balaban J connectivity index is 2.12. The number of hydrogen-bond donors (Lipinski definition) is 1. The Bertz CT molecular complexity index is 490. The van der Waals surface area contributed by atoms with Gasteiger partial charge in [-0.25, -0.2) is 0 Å². The molecular weight excluding hydrogens is 268 g/mol. The first kappa shape index (κ1) is 15.5. The normalized spacial score (nSPS) is 22.3. The second kappa shape index (κ2) is 7.22. The highest BCUT2D eigenvalue weighted by atomic mass is 16.5. The second-order valence-corrected chi connectivity index (χ2v) is 5.31. The van der Waals surface area contributed by atoms with Gasteiger partial charge in [-0.1, -0.05) is 30.3 Å². The molecule has 114 valence electrons. The van der Waals surface area contributed by atoms with Gasteiger partial charge in [0.05, 0.1) is 0 Å². The lowest BCUT2D eigenvalue weighted by Gasteiger charge is -2.38. The molecule has 1 aromatic carbocycles. The van der Waals surface area contributed by atoms with Gasteiger partial charge in [0, 0.05) is 26.7 Å². The summed E-state index contributed by atoms with van der Waals surface area (Å²) in [6, 6.07) is 8.88. The van der Waals surface area contributed by atoms with Gasteiger partial charge in [0.2, 0.25) is 11.8 Å². The van der Waals surface area contributed by atoms with E-state index >= 15 is 0 Å². The molecule has 0 spiro atoms. The number of methoxy groups -OCH3 is 1. The zero-order valence-electron chi connectivity index (χ0n) is 12.5. The fraction of sp³-hybridized carbons (Fsp3) is 0.500. The highest BCUT2D eigenvalue weighted by Crippen LogP contribution is 2.15. The summed E-state index contributed by atoms with van der Waals surface area (Å²) in [5.41, 5.74) is 1.05. The number of hydrogen-bond acceptors (Lipinski definition) is 3. The van der Waals surface area contributed by atoms with Gasteiger partial charge in [-0.15, -0.1) is 0 Å².